The van der Waals surface area contributed by atoms with E-state index in [4.69, 9.17) is 0 Å². The summed E-state index contributed by atoms with van der Waals surface area (Å²) >= 11 is 0. The zero-order valence-corrected chi connectivity index (χ0v) is 14.4. The van der Waals surface area contributed by atoms with Crippen molar-refractivity contribution in [3.63, 3.8) is 0 Å². The van der Waals surface area contributed by atoms with Crippen LogP contribution in [0.2, 0.25) is 0 Å². The lowest BCUT2D eigenvalue weighted by molar-refractivity contribution is -0.137. The van der Waals surface area contributed by atoms with Crippen LogP contribution in [-0.4, -0.2) is 49.5 Å². The summed E-state index contributed by atoms with van der Waals surface area (Å²) in [6.45, 7) is 7.54. The summed E-state index contributed by atoms with van der Waals surface area (Å²) in [5.41, 5.74) is -0.268. The predicted molar refractivity (Wildman–Crippen MR) is 89.6 cm³/mol. The van der Waals surface area contributed by atoms with Crippen LogP contribution in [-0.2, 0) is 16.1 Å². The van der Waals surface area contributed by atoms with Crippen molar-refractivity contribution >= 4 is 17.5 Å². The lowest BCUT2D eigenvalue weighted by Crippen LogP contribution is -2.48. The summed E-state index contributed by atoms with van der Waals surface area (Å²) in [5, 5.41) is 6.94. The zero-order chi connectivity index (χ0) is 17.9. The Morgan fingerprint density at radius 2 is 2.00 bits per heavy atom. The molecule has 2 aromatic rings. The minimum atomic E-state index is -0.380. The first kappa shape index (κ1) is 17.7. The molecule has 0 atom stereocenters. The Kier molecular flexibility index (Phi) is 5.06. The van der Waals surface area contributed by atoms with E-state index in [-0.39, 0.29) is 36.1 Å². The van der Waals surface area contributed by atoms with Crippen LogP contribution < -0.4 is 11.0 Å². The van der Waals surface area contributed by atoms with E-state index >= 15 is 0 Å². The Bertz CT molecular complexity index is 800. The molecule has 0 bridgehead atoms. The van der Waals surface area contributed by atoms with E-state index in [0.29, 0.717) is 12.2 Å². The van der Waals surface area contributed by atoms with Gasteiger partial charge in [0.1, 0.15) is 6.54 Å². The Labute approximate surface area is 140 Å². The summed E-state index contributed by atoms with van der Waals surface area (Å²) in [4.78, 5) is 38.0. The molecule has 0 saturated carbocycles. The Morgan fingerprint density at radius 3 is 2.58 bits per heavy atom. The molecule has 8 nitrogen and oxygen atoms in total. The summed E-state index contributed by atoms with van der Waals surface area (Å²) in [7, 11) is 0. The summed E-state index contributed by atoms with van der Waals surface area (Å²) in [6, 6.07) is 5.18. The molecule has 0 saturated heterocycles. The van der Waals surface area contributed by atoms with Crippen LogP contribution in [0.5, 0.6) is 0 Å². The van der Waals surface area contributed by atoms with Crippen molar-refractivity contribution in [3.05, 3.63) is 34.9 Å². The first-order valence-electron chi connectivity index (χ1n) is 7.84. The monoisotopic (exact) mass is 333 g/mol. The molecule has 1 N–H and O–H groups in total. The summed E-state index contributed by atoms with van der Waals surface area (Å²) < 4.78 is 2.48. The highest BCUT2D eigenvalue weighted by atomic mass is 16.2. The number of nitrogens with one attached hydrogen (secondary N) is 1. The molecule has 0 aliphatic rings. The Hall–Kier alpha value is -2.64. The van der Waals surface area contributed by atoms with Gasteiger partial charge in [0.15, 0.2) is 5.65 Å². The third kappa shape index (κ3) is 4.21. The molecular formula is C16H23N5O3. The van der Waals surface area contributed by atoms with Gasteiger partial charge in [-0.2, -0.15) is 0 Å². The largest absolute Gasteiger partial charge is 0.350 e. The fourth-order valence-corrected chi connectivity index (χ4v) is 2.31. The minimum Gasteiger partial charge on any atom is -0.350 e. The number of amides is 2. The molecule has 2 aromatic heterocycles. The van der Waals surface area contributed by atoms with E-state index in [2.05, 4.69) is 10.4 Å². The fourth-order valence-electron chi connectivity index (χ4n) is 2.31. The second-order valence-electron chi connectivity index (χ2n) is 6.58. The van der Waals surface area contributed by atoms with E-state index in [0.717, 1.165) is 4.68 Å². The number of carbonyl (C=O) groups is 2. The van der Waals surface area contributed by atoms with Crippen molar-refractivity contribution in [1.29, 1.82) is 0 Å². The number of aromatic nitrogens is 3. The molecule has 2 heterocycles. The molecule has 0 radical (unpaired) electrons. The van der Waals surface area contributed by atoms with Gasteiger partial charge in [0, 0.05) is 18.3 Å². The summed E-state index contributed by atoms with van der Waals surface area (Å²) in [6.07, 6.45) is 1.60. The number of pyridine rings is 1. The van der Waals surface area contributed by atoms with Crippen LogP contribution in [0.3, 0.4) is 0 Å². The third-order valence-electron chi connectivity index (χ3n) is 3.36. The Balaban J connectivity index is 2.10. The maximum absolute atomic E-state index is 12.4. The van der Waals surface area contributed by atoms with Gasteiger partial charge in [0.2, 0.25) is 11.8 Å². The van der Waals surface area contributed by atoms with Crippen molar-refractivity contribution < 1.29 is 9.59 Å². The zero-order valence-electron chi connectivity index (χ0n) is 14.4. The fraction of sp³-hybridized carbons (Fsp3) is 0.500. The molecule has 0 fully saturated rings. The molecule has 0 aliphatic carbocycles. The van der Waals surface area contributed by atoms with Crippen molar-refractivity contribution in [2.45, 2.75) is 39.8 Å². The number of hydrogen-bond donors (Lipinski definition) is 1. The van der Waals surface area contributed by atoms with E-state index < -0.39 is 0 Å². The Morgan fingerprint density at radius 1 is 1.29 bits per heavy atom. The van der Waals surface area contributed by atoms with Crippen LogP contribution in [0.25, 0.3) is 5.65 Å². The molecule has 0 unspecified atom stereocenters. The normalized spacial score (nSPS) is 11.5. The average molecular weight is 333 g/mol. The van der Waals surface area contributed by atoms with E-state index in [1.807, 2.05) is 20.8 Å². The van der Waals surface area contributed by atoms with Gasteiger partial charge in [0.05, 0.1) is 6.54 Å². The lowest BCUT2D eigenvalue weighted by atomic mass is 10.1. The molecule has 2 rings (SSSR count). The van der Waals surface area contributed by atoms with E-state index in [1.165, 1.54) is 9.30 Å². The molecule has 24 heavy (non-hydrogen) atoms. The highest BCUT2D eigenvalue weighted by molar-refractivity contribution is 5.85. The number of hydrogen-bond acceptors (Lipinski definition) is 4. The standard InChI is InChI=1S/C16H23N5O3/c1-5-19(10-13(22)17-16(2,3)4)14(23)11-21-15(24)20-9-7-6-8-12(20)18-21/h6-9H,5,10-11H2,1-4H3,(H,17,22). The highest BCUT2D eigenvalue weighted by Crippen LogP contribution is 2.00. The number of rotatable bonds is 5. The maximum Gasteiger partial charge on any atom is 0.350 e. The second kappa shape index (κ2) is 6.86. The van der Waals surface area contributed by atoms with E-state index in [1.54, 1.807) is 31.3 Å². The first-order chi connectivity index (χ1) is 11.2. The molecule has 0 spiro atoms. The molecular weight excluding hydrogens is 310 g/mol. The molecule has 0 aromatic carbocycles. The van der Waals surface area contributed by atoms with Crippen molar-refractivity contribution in [2.75, 3.05) is 13.1 Å². The number of carbonyl (C=O) groups excluding carboxylic acids is 2. The van der Waals surface area contributed by atoms with Crippen LogP contribution >= 0.6 is 0 Å². The van der Waals surface area contributed by atoms with Crippen molar-refractivity contribution in [2.24, 2.45) is 0 Å². The maximum atomic E-state index is 12.4. The number of nitrogens with zero attached hydrogens (tertiary/aromatic N) is 4. The van der Waals surface area contributed by atoms with Gasteiger partial charge in [-0.25, -0.2) is 9.48 Å². The average Bonchev–Trinajstić information content (AvgIpc) is 2.79. The van der Waals surface area contributed by atoms with Crippen LogP contribution in [0.15, 0.2) is 29.2 Å². The van der Waals surface area contributed by atoms with Crippen LogP contribution in [0, 0.1) is 0 Å². The molecule has 130 valence electrons. The van der Waals surface area contributed by atoms with Gasteiger partial charge in [-0.15, -0.1) is 5.10 Å². The number of fused-ring (bicyclic) bond motifs is 1. The minimum absolute atomic E-state index is 0.0469. The highest BCUT2D eigenvalue weighted by Gasteiger charge is 2.20. The second-order valence-corrected chi connectivity index (χ2v) is 6.58. The third-order valence-corrected chi connectivity index (χ3v) is 3.36. The van der Waals surface area contributed by atoms with Crippen molar-refractivity contribution in [3.8, 4) is 0 Å². The molecule has 0 aliphatic heterocycles. The smallest absolute Gasteiger partial charge is 0.350 e. The van der Waals surface area contributed by atoms with Gasteiger partial charge in [-0.3, -0.25) is 14.0 Å². The van der Waals surface area contributed by atoms with Gasteiger partial charge < -0.3 is 10.2 Å². The van der Waals surface area contributed by atoms with Gasteiger partial charge in [-0.05, 0) is 39.8 Å². The van der Waals surface area contributed by atoms with Crippen LogP contribution in [0.4, 0.5) is 0 Å². The molecule has 8 heteroatoms. The first-order valence-corrected chi connectivity index (χ1v) is 7.84. The van der Waals surface area contributed by atoms with Gasteiger partial charge >= 0.3 is 5.69 Å². The van der Waals surface area contributed by atoms with Gasteiger partial charge in [0.25, 0.3) is 0 Å². The van der Waals surface area contributed by atoms with Gasteiger partial charge in [-0.1, -0.05) is 6.07 Å². The van der Waals surface area contributed by atoms with Crippen molar-refractivity contribution in [1.82, 2.24) is 24.4 Å². The van der Waals surface area contributed by atoms with E-state index in [9.17, 15) is 14.4 Å². The topological polar surface area (TPSA) is 88.7 Å². The lowest BCUT2D eigenvalue weighted by Gasteiger charge is -2.25. The van der Waals surface area contributed by atoms with Crippen LogP contribution in [0.1, 0.15) is 27.7 Å². The number of likely N-dealkylation sites (N-methyl/N-ethyl adjacent to an activating group) is 1. The SMILES string of the molecule is CCN(CC(=O)NC(C)(C)C)C(=O)Cn1nc2ccccn2c1=O. The summed E-state index contributed by atoms with van der Waals surface area (Å²) in [5.74, 6) is -0.563. The predicted octanol–water partition coefficient (Wildman–Crippen LogP) is 0.259. The molecule has 2 amide bonds. The quantitative estimate of drug-likeness (QED) is 0.850.